The van der Waals surface area contributed by atoms with Gasteiger partial charge in [-0.25, -0.2) is 4.79 Å². The van der Waals surface area contributed by atoms with E-state index in [1.54, 1.807) is 0 Å². The van der Waals surface area contributed by atoms with Gasteiger partial charge in [-0.15, -0.1) is 0 Å². The number of hydrogen-bond donors (Lipinski definition) is 0. The van der Waals surface area contributed by atoms with Gasteiger partial charge >= 0.3 is 5.69 Å². The first-order chi connectivity index (χ1) is 12.1. The van der Waals surface area contributed by atoms with Gasteiger partial charge in [-0.2, -0.15) is 4.98 Å². The molecule has 5 heteroatoms. The van der Waals surface area contributed by atoms with Crippen LogP contribution in [-0.4, -0.2) is 14.1 Å². The Labute approximate surface area is 143 Å². The molecule has 2 aromatic carbocycles. The maximum absolute atomic E-state index is 12.7. The number of rotatable bonds is 2. The minimum atomic E-state index is -0.533. The van der Waals surface area contributed by atoms with Gasteiger partial charge in [0.1, 0.15) is 0 Å². The van der Waals surface area contributed by atoms with Crippen LogP contribution < -0.4 is 11.2 Å². The summed E-state index contributed by atoms with van der Waals surface area (Å²) >= 11 is 0. The van der Waals surface area contributed by atoms with E-state index in [0.29, 0.717) is 17.6 Å². The molecule has 0 fully saturated rings. The monoisotopic (exact) mass is 331 g/mol. The van der Waals surface area contributed by atoms with E-state index in [0.717, 1.165) is 21.0 Å². The largest absolute Gasteiger partial charge is 0.352 e. The third-order valence-electron chi connectivity index (χ3n) is 4.52. The Bertz CT molecular complexity index is 1220. The summed E-state index contributed by atoms with van der Waals surface area (Å²) in [5.74, 6) is 0. The molecule has 0 amide bonds. The lowest BCUT2D eigenvalue weighted by Gasteiger charge is -2.07. The highest BCUT2D eigenvalue weighted by Crippen LogP contribution is 2.25. The molecule has 4 rings (SSSR count). The topological polar surface area (TPSA) is 56.9 Å². The molecule has 124 valence electrons. The highest BCUT2D eigenvalue weighted by atomic mass is 16.2. The van der Waals surface area contributed by atoms with Crippen molar-refractivity contribution in [3.05, 3.63) is 86.6 Å². The fourth-order valence-corrected chi connectivity index (χ4v) is 3.14. The average molecular weight is 331 g/mol. The van der Waals surface area contributed by atoms with Crippen LogP contribution in [0.25, 0.3) is 21.9 Å². The van der Waals surface area contributed by atoms with Crippen molar-refractivity contribution in [2.24, 2.45) is 7.05 Å². The maximum Gasteiger partial charge on any atom is 0.352 e. The molecule has 4 aromatic rings. The standard InChI is InChI=1S/C20H17N3O2/c1-13-8-10-14(11-9-13)12-23-16-7-5-3-4-6-15(16)17-18(23)21-20(25)22(2)19(17)24/h3-11H,12H2,1-2H3. The van der Waals surface area contributed by atoms with Crippen LogP contribution in [0.5, 0.6) is 0 Å². The molecule has 2 aromatic heterocycles. The first-order valence-electron chi connectivity index (χ1n) is 8.10. The Balaban J connectivity index is 2.11. The Morgan fingerprint density at radius 3 is 2.44 bits per heavy atom. The second kappa shape index (κ2) is 5.70. The summed E-state index contributed by atoms with van der Waals surface area (Å²) in [5, 5.41) is 1.29. The molecule has 0 radical (unpaired) electrons. The quantitative estimate of drug-likeness (QED) is 0.567. The van der Waals surface area contributed by atoms with Crippen LogP contribution in [0.3, 0.4) is 0 Å². The highest BCUT2D eigenvalue weighted by Gasteiger charge is 2.16. The predicted molar refractivity (Wildman–Crippen MR) is 99.0 cm³/mol. The van der Waals surface area contributed by atoms with Crippen LogP contribution >= 0.6 is 0 Å². The molecule has 5 nitrogen and oxygen atoms in total. The van der Waals surface area contributed by atoms with Crippen LogP contribution in [-0.2, 0) is 13.6 Å². The smallest absolute Gasteiger partial charge is 0.320 e. The van der Waals surface area contributed by atoms with Crippen LogP contribution in [0.4, 0.5) is 0 Å². The SMILES string of the molecule is Cc1ccc(Cn2c3cccccc3c3c(=O)n(C)c(=O)nc32)cc1. The van der Waals surface area contributed by atoms with E-state index in [-0.39, 0.29) is 5.56 Å². The third-order valence-corrected chi connectivity index (χ3v) is 4.52. The average Bonchev–Trinajstić information content (AvgIpc) is 2.76. The Hall–Kier alpha value is -3.21. The fraction of sp³-hybridized carbons (Fsp3) is 0.150. The summed E-state index contributed by atoms with van der Waals surface area (Å²) in [6.07, 6.45) is 0. The first-order valence-corrected chi connectivity index (χ1v) is 8.10. The van der Waals surface area contributed by atoms with Gasteiger partial charge in [0, 0.05) is 19.0 Å². The van der Waals surface area contributed by atoms with Crippen molar-refractivity contribution in [3.63, 3.8) is 0 Å². The summed E-state index contributed by atoms with van der Waals surface area (Å²) < 4.78 is 3.00. The predicted octanol–water partition coefficient (Wildman–Crippen LogP) is 2.61. The van der Waals surface area contributed by atoms with Crippen LogP contribution in [0.1, 0.15) is 11.1 Å². The molecule has 0 aliphatic rings. The zero-order chi connectivity index (χ0) is 17.6. The molecule has 0 aliphatic heterocycles. The van der Waals surface area contributed by atoms with Gasteiger partial charge in [0.25, 0.3) is 5.56 Å². The lowest BCUT2D eigenvalue weighted by molar-refractivity contribution is 0.776. The third kappa shape index (κ3) is 2.45. The molecular weight excluding hydrogens is 314 g/mol. The molecule has 0 spiro atoms. The molecule has 2 heterocycles. The first kappa shape index (κ1) is 15.3. The highest BCUT2D eigenvalue weighted by molar-refractivity contribution is 6.05. The molecular formula is C20H17N3O2. The van der Waals surface area contributed by atoms with Crippen LogP contribution in [0.2, 0.25) is 0 Å². The van der Waals surface area contributed by atoms with Crippen LogP contribution in [0, 0.1) is 6.92 Å². The van der Waals surface area contributed by atoms with Gasteiger partial charge in [-0.05, 0) is 18.6 Å². The number of aryl methyl sites for hydroxylation is 1. The van der Waals surface area contributed by atoms with Crippen molar-refractivity contribution in [2.45, 2.75) is 13.5 Å². The minimum absolute atomic E-state index is 0.311. The van der Waals surface area contributed by atoms with Gasteiger partial charge < -0.3 is 4.57 Å². The van der Waals surface area contributed by atoms with Crippen molar-refractivity contribution >= 4 is 21.9 Å². The van der Waals surface area contributed by atoms with E-state index in [1.165, 1.54) is 12.6 Å². The lowest BCUT2D eigenvalue weighted by Crippen LogP contribution is -2.32. The van der Waals surface area contributed by atoms with E-state index in [4.69, 9.17) is 0 Å². The van der Waals surface area contributed by atoms with Crippen molar-refractivity contribution in [1.29, 1.82) is 0 Å². The van der Waals surface area contributed by atoms with E-state index < -0.39 is 5.69 Å². The second-order valence-electron chi connectivity index (χ2n) is 6.24. The van der Waals surface area contributed by atoms with Crippen LogP contribution in [0.15, 0.2) is 64.2 Å². The van der Waals surface area contributed by atoms with Gasteiger partial charge in [-0.3, -0.25) is 9.36 Å². The molecule has 25 heavy (non-hydrogen) atoms. The van der Waals surface area contributed by atoms with Crippen molar-refractivity contribution in [2.75, 3.05) is 0 Å². The second-order valence-corrected chi connectivity index (χ2v) is 6.24. The number of aromatic nitrogens is 3. The van der Waals surface area contributed by atoms with Crippen molar-refractivity contribution in [1.82, 2.24) is 14.1 Å². The fourth-order valence-electron chi connectivity index (χ4n) is 3.14. The van der Waals surface area contributed by atoms with E-state index >= 15 is 0 Å². The Morgan fingerprint density at radius 1 is 0.960 bits per heavy atom. The molecule has 0 unspecified atom stereocenters. The molecule has 0 aliphatic carbocycles. The molecule has 0 N–H and O–H groups in total. The molecule has 0 bridgehead atoms. The van der Waals surface area contributed by atoms with Crippen molar-refractivity contribution < 1.29 is 0 Å². The van der Waals surface area contributed by atoms with E-state index in [1.807, 2.05) is 41.8 Å². The molecule has 0 saturated carbocycles. The Kier molecular flexibility index (Phi) is 3.50. The number of hydrogen-bond acceptors (Lipinski definition) is 3. The normalized spacial score (nSPS) is 11.3. The summed E-state index contributed by atoms with van der Waals surface area (Å²) in [6, 6.07) is 17.8. The zero-order valence-corrected chi connectivity index (χ0v) is 14.1. The van der Waals surface area contributed by atoms with Gasteiger partial charge in [0.05, 0.1) is 10.9 Å². The van der Waals surface area contributed by atoms with Gasteiger partial charge in [0.2, 0.25) is 0 Å². The van der Waals surface area contributed by atoms with E-state index in [2.05, 4.69) is 29.2 Å². The number of benzene rings is 1. The summed E-state index contributed by atoms with van der Waals surface area (Å²) in [5.41, 5.74) is 2.76. The number of nitrogens with zero attached hydrogens (tertiary/aromatic N) is 3. The number of fused-ring (bicyclic) bond motifs is 3. The summed E-state index contributed by atoms with van der Waals surface area (Å²) in [4.78, 5) is 28.9. The van der Waals surface area contributed by atoms with Gasteiger partial charge in [-0.1, -0.05) is 54.1 Å². The minimum Gasteiger partial charge on any atom is -0.320 e. The van der Waals surface area contributed by atoms with E-state index in [9.17, 15) is 9.59 Å². The zero-order valence-electron chi connectivity index (χ0n) is 14.1. The summed E-state index contributed by atoms with van der Waals surface area (Å²) in [7, 11) is 1.46. The molecule has 0 saturated heterocycles. The van der Waals surface area contributed by atoms with Gasteiger partial charge in [0.15, 0.2) is 5.65 Å². The molecule has 0 atom stereocenters. The summed E-state index contributed by atoms with van der Waals surface area (Å²) in [6.45, 7) is 2.59. The lowest BCUT2D eigenvalue weighted by atomic mass is 10.1. The Morgan fingerprint density at radius 2 is 1.68 bits per heavy atom. The van der Waals surface area contributed by atoms with Crippen molar-refractivity contribution in [3.8, 4) is 0 Å². The maximum atomic E-state index is 12.7.